The fourth-order valence-electron chi connectivity index (χ4n) is 4.61. The third-order valence-corrected chi connectivity index (χ3v) is 11.1. The molecule has 0 amide bonds. The van der Waals surface area contributed by atoms with Crippen LogP contribution in [0.5, 0.6) is 0 Å². The van der Waals surface area contributed by atoms with E-state index in [2.05, 4.69) is 119 Å². The molecule has 0 aliphatic carbocycles. The van der Waals surface area contributed by atoms with E-state index in [1.54, 1.807) is 0 Å². The predicted molar refractivity (Wildman–Crippen MR) is 135 cm³/mol. The summed E-state index contributed by atoms with van der Waals surface area (Å²) in [5, 5.41) is 2.66. The highest BCUT2D eigenvalue weighted by Crippen LogP contribution is 2.37. The minimum absolute atomic E-state index is 0.00157. The van der Waals surface area contributed by atoms with Crippen LogP contribution in [0.2, 0.25) is 5.04 Å². The van der Waals surface area contributed by atoms with Crippen molar-refractivity contribution in [3.63, 3.8) is 0 Å². The minimum Gasteiger partial charge on any atom is -0.407 e. The molecule has 0 spiro atoms. The van der Waals surface area contributed by atoms with Gasteiger partial charge in [0, 0.05) is 12.6 Å². The van der Waals surface area contributed by atoms with E-state index < -0.39 is 8.32 Å². The molecule has 0 unspecified atom stereocenters. The Labute approximate surface area is 189 Å². The molecule has 0 heterocycles. The van der Waals surface area contributed by atoms with Crippen LogP contribution in [0.3, 0.4) is 0 Å². The molecule has 0 aliphatic heterocycles. The first-order valence-electron chi connectivity index (χ1n) is 11.4. The molecule has 2 N–H and O–H groups in total. The van der Waals surface area contributed by atoms with Gasteiger partial charge in [-0.1, -0.05) is 119 Å². The van der Waals surface area contributed by atoms with Crippen molar-refractivity contribution in [2.45, 2.75) is 51.6 Å². The van der Waals surface area contributed by atoms with Gasteiger partial charge in [-0.25, -0.2) is 0 Å². The van der Waals surface area contributed by atoms with Crippen LogP contribution >= 0.6 is 0 Å². The zero-order valence-electron chi connectivity index (χ0n) is 19.4. The van der Waals surface area contributed by atoms with E-state index in [1.807, 2.05) is 0 Å². The molecule has 31 heavy (non-hydrogen) atoms. The lowest BCUT2D eigenvalue weighted by molar-refractivity contribution is 0.231. The van der Waals surface area contributed by atoms with Crippen molar-refractivity contribution in [3.8, 4) is 0 Å². The first kappa shape index (κ1) is 23.5. The zero-order chi connectivity index (χ0) is 22.3. The van der Waals surface area contributed by atoms with Gasteiger partial charge in [0.25, 0.3) is 8.32 Å². The van der Waals surface area contributed by atoms with Crippen LogP contribution in [0, 0.1) is 5.92 Å². The van der Waals surface area contributed by atoms with Crippen LogP contribution < -0.4 is 16.1 Å². The summed E-state index contributed by atoms with van der Waals surface area (Å²) in [4.78, 5) is 0. The van der Waals surface area contributed by atoms with E-state index >= 15 is 0 Å². The Bertz CT molecular complexity index is 867. The van der Waals surface area contributed by atoms with Gasteiger partial charge >= 0.3 is 0 Å². The van der Waals surface area contributed by atoms with E-state index in [9.17, 15) is 0 Å². The summed E-state index contributed by atoms with van der Waals surface area (Å²) in [5.41, 5.74) is 7.81. The SMILES string of the molecule is C[C@H](CO[Si](c1ccccc1)(c1ccccc1)C(C)(C)C)C[C@@H](N)Cc1ccccc1. The maximum absolute atomic E-state index is 7.06. The smallest absolute Gasteiger partial charge is 0.261 e. The van der Waals surface area contributed by atoms with Crippen LogP contribution in [0.25, 0.3) is 0 Å². The van der Waals surface area contributed by atoms with Gasteiger partial charge < -0.3 is 10.2 Å². The van der Waals surface area contributed by atoms with Crippen molar-refractivity contribution in [2.24, 2.45) is 11.7 Å². The molecular formula is C28H37NOSi. The van der Waals surface area contributed by atoms with E-state index in [0.717, 1.165) is 19.4 Å². The molecule has 0 radical (unpaired) electrons. The van der Waals surface area contributed by atoms with Gasteiger partial charge in [0.2, 0.25) is 0 Å². The Morgan fingerprint density at radius 3 is 1.68 bits per heavy atom. The molecule has 3 heteroatoms. The molecule has 0 saturated heterocycles. The molecule has 2 nitrogen and oxygen atoms in total. The van der Waals surface area contributed by atoms with Gasteiger partial charge in [-0.05, 0) is 39.7 Å². The highest BCUT2D eigenvalue weighted by atomic mass is 28.4. The molecule has 0 aromatic heterocycles. The van der Waals surface area contributed by atoms with Gasteiger partial charge in [0.05, 0.1) is 0 Å². The summed E-state index contributed by atoms with van der Waals surface area (Å²) in [6, 6.07) is 32.4. The molecule has 0 aliphatic rings. The van der Waals surface area contributed by atoms with Crippen molar-refractivity contribution in [3.05, 3.63) is 96.6 Å². The molecule has 164 valence electrons. The summed E-state index contributed by atoms with van der Waals surface area (Å²) in [6.07, 6.45) is 1.86. The number of hydrogen-bond donors (Lipinski definition) is 1. The Morgan fingerprint density at radius 1 is 0.774 bits per heavy atom. The fourth-order valence-corrected chi connectivity index (χ4v) is 9.30. The van der Waals surface area contributed by atoms with E-state index in [1.165, 1.54) is 15.9 Å². The van der Waals surface area contributed by atoms with Gasteiger partial charge in [-0.2, -0.15) is 0 Å². The quantitative estimate of drug-likeness (QED) is 0.475. The summed E-state index contributed by atoms with van der Waals surface area (Å²) in [6.45, 7) is 9.96. The lowest BCUT2D eigenvalue weighted by Crippen LogP contribution is -2.66. The van der Waals surface area contributed by atoms with Crippen molar-refractivity contribution in [2.75, 3.05) is 6.61 Å². The Kier molecular flexibility index (Phi) is 7.87. The molecule has 3 aromatic carbocycles. The Morgan fingerprint density at radius 2 is 1.23 bits per heavy atom. The first-order valence-corrected chi connectivity index (χ1v) is 13.3. The average Bonchev–Trinajstić information content (AvgIpc) is 2.75. The fraction of sp³-hybridized carbons (Fsp3) is 0.357. The topological polar surface area (TPSA) is 35.2 Å². The van der Waals surface area contributed by atoms with Crippen LogP contribution in [0.4, 0.5) is 0 Å². The summed E-state index contributed by atoms with van der Waals surface area (Å²) in [7, 11) is -2.48. The van der Waals surface area contributed by atoms with Crippen molar-refractivity contribution in [1.29, 1.82) is 0 Å². The minimum atomic E-state index is -2.48. The number of hydrogen-bond acceptors (Lipinski definition) is 2. The second-order valence-electron chi connectivity index (χ2n) is 9.76. The molecule has 2 atom stereocenters. The summed E-state index contributed by atoms with van der Waals surface area (Å²) in [5.74, 6) is 0.389. The van der Waals surface area contributed by atoms with E-state index in [0.29, 0.717) is 5.92 Å². The molecule has 3 rings (SSSR count). The molecule has 0 saturated carbocycles. The Balaban J connectivity index is 1.81. The Hall–Kier alpha value is -2.20. The van der Waals surface area contributed by atoms with Crippen LogP contribution in [-0.2, 0) is 10.8 Å². The lowest BCUT2D eigenvalue weighted by atomic mass is 9.97. The third-order valence-electron chi connectivity index (χ3n) is 6.05. The highest BCUT2D eigenvalue weighted by molar-refractivity contribution is 6.99. The summed E-state index contributed by atoms with van der Waals surface area (Å²) < 4.78 is 7.06. The largest absolute Gasteiger partial charge is 0.407 e. The molecule has 0 bridgehead atoms. The van der Waals surface area contributed by atoms with E-state index in [-0.39, 0.29) is 11.1 Å². The van der Waals surface area contributed by atoms with Crippen LogP contribution in [-0.4, -0.2) is 21.0 Å². The maximum Gasteiger partial charge on any atom is 0.261 e. The standard InChI is InChI=1S/C28H37NOSi/c1-23(20-25(29)21-24-14-8-5-9-15-24)22-30-31(28(2,3)4,26-16-10-6-11-17-26)27-18-12-7-13-19-27/h5-19,23,25H,20-22,29H2,1-4H3/t23-,25+/m0/s1. The van der Waals surface area contributed by atoms with Crippen molar-refractivity contribution in [1.82, 2.24) is 0 Å². The third kappa shape index (κ3) is 5.73. The molecule has 3 aromatic rings. The second-order valence-corrected chi connectivity index (χ2v) is 14.1. The zero-order valence-corrected chi connectivity index (χ0v) is 20.4. The maximum atomic E-state index is 7.06. The number of rotatable bonds is 9. The summed E-state index contributed by atoms with van der Waals surface area (Å²) >= 11 is 0. The number of nitrogens with two attached hydrogens (primary N) is 1. The normalized spacial score (nSPS) is 14.2. The monoisotopic (exact) mass is 431 g/mol. The van der Waals surface area contributed by atoms with Crippen molar-refractivity contribution >= 4 is 18.7 Å². The first-order chi connectivity index (χ1) is 14.8. The lowest BCUT2D eigenvalue weighted by Gasteiger charge is -2.43. The predicted octanol–water partition coefficient (Wildman–Crippen LogP) is 5.16. The molecular weight excluding hydrogens is 394 g/mol. The second kappa shape index (κ2) is 10.4. The van der Waals surface area contributed by atoms with Crippen LogP contribution in [0.15, 0.2) is 91.0 Å². The highest BCUT2D eigenvalue weighted by Gasteiger charge is 2.50. The average molecular weight is 432 g/mol. The van der Waals surface area contributed by atoms with Gasteiger partial charge in [0.1, 0.15) is 0 Å². The van der Waals surface area contributed by atoms with Gasteiger partial charge in [0.15, 0.2) is 0 Å². The van der Waals surface area contributed by atoms with E-state index in [4.69, 9.17) is 10.2 Å². The van der Waals surface area contributed by atoms with Gasteiger partial charge in [-0.3, -0.25) is 0 Å². The van der Waals surface area contributed by atoms with Gasteiger partial charge in [-0.15, -0.1) is 0 Å². The van der Waals surface area contributed by atoms with Crippen molar-refractivity contribution < 1.29 is 4.43 Å². The van der Waals surface area contributed by atoms with Crippen LogP contribution in [0.1, 0.15) is 39.7 Å². The molecule has 0 fully saturated rings. The number of benzene rings is 3.